The van der Waals surface area contributed by atoms with Gasteiger partial charge in [0.15, 0.2) is 0 Å². The monoisotopic (exact) mass is 476 g/mol. The van der Waals surface area contributed by atoms with Crippen molar-refractivity contribution in [3.8, 4) is 0 Å². The summed E-state index contributed by atoms with van der Waals surface area (Å²) in [5.41, 5.74) is 0.486. The molecule has 34 heavy (non-hydrogen) atoms. The van der Waals surface area contributed by atoms with Crippen molar-refractivity contribution in [2.75, 3.05) is 6.61 Å². The van der Waals surface area contributed by atoms with Gasteiger partial charge in [-0.25, -0.2) is 0 Å². The summed E-state index contributed by atoms with van der Waals surface area (Å²) in [4.78, 5) is 0. The average Bonchev–Trinajstić information content (AvgIpc) is 3.34. The van der Waals surface area contributed by atoms with Crippen molar-refractivity contribution in [2.45, 2.75) is 130 Å². The fraction of sp³-hybridized carbons (Fsp3) is 1.00. The predicted octanol–water partition coefficient (Wildman–Crippen LogP) is 7.09. The van der Waals surface area contributed by atoms with Gasteiger partial charge in [0.05, 0.1) is 18.3 Å². The molecule has 10 unspecified atom stereocenters. The van der Waals surface area contributed by atoms with Crippen LogP contribution in [0.1, 0.15) is 112 Å². The maximum atomic E-state index is 10.2. The third kappa shape index (κ3) is 5.14. The number of fused-ring (bicyclic) bond motifs is 7. The van der Waals surface area contributed by atoms with Crippen LogP contribution in [0.15, 0.2) is 0 Å². The molecule has 0 amide bonds. The van der Waals surface area contributed by atoms with Crippen molar-refractivity contribution in [3.05, 3.63) is 0 Å². The number of ether oxygens (including phenoxy) is 1. The lowest BCUT2D eigenvalue weighted by Gasteiger charge is -2.59. The van der Waals surface area contributed by atoms with E-state index in [0.29, 0.717) is 36.1 Å². The summed E-state index contributed by atoms with van der Waals surface area (Å²) in [6, 6.07) is 0. The molecular formula is C31H56O3. The van der Waals surface area contributed by atoms with Crippen molar-refractivity contribution >= 4 is 0 Å². The molecule has 1 heterocycles. The molecule has 0 aromatic heterocycles. The summed E-state index contributed by atoms with van der Waals surface area (Å²) in [5.74, 6) is 7.12. The number of hydrogen-bond acceptors (Lipinski definition) is 3. The van der Waals surface area contributed by atoms with Crippen LogP contribution in [0.25, 0.3) is 0 Å². The molecule has 4 aliphatic carbocycles. The number of aliphatic hydroxyl groups excluding tert-OH is 2. The molecule has 0 aromatic rings. The molecule has 0 bridgehead atoms. The molecule has 198 valence electrons. The second-order valence-corrected chi connectivity index (χ2v) is 13.9. The second-order valence-electron chi connectivity index (χ2n) is 13.9. The van der Waals surface area contributed by atoms with Crippen LogP contribution < -0.4 is 0 Å². The second kappa shape index (κ2) is 11.1. The topological polar surface area (TPSA) is 49.7 Å². The molecule has 12 atom stereocenters. The van der Waals surface area contributed by atoms with Crippen LogP contribution in [0.2, 0.25) is 0 Å². The minimum atomic E-state index is -0.0356. The molecular weight excluding hydrogens is 420 g/mol. The van der Waals surface area contributed by atoms with E-state index >= 15 is 0 Å². The van der Waals surface area contributed by atoms with E-state index in [1.165, 1.54) is 44.9 Å². The van der Waals surface area contributed by atoms with Crippen LogP contribution in [0.4, 0.5) is 0 Å². The first-order valence-electron chi connectivity index (χ1n) is 15.1. The fourth-order valence-corrected chi connectivity index (χ4v) is 9.25. The van der Waals surface area contributed by atoms with E-state index in [1.54, 1.807) is 0 Å². The first kappa shape index (κ1) is 26.9. The lowest BCUT2D eigenvalue weighted by atomic mass is 9.46. The summed E-state index contributed by atoms with van der Waals surface area (Å²) in [5, 5.41) is 19.6. The Morgan fingerprint density at radius 2 is 1.68 bits per heavy atom. The Bertz CT molecular complexity index is 649. The first-order chi connectivity index (χ1) is 16.2. The molecule has 4 saturated carbocycles. The van der Waals surface area contributed by atoms with Gasteiger partial charge < -0.3 is 14.9 Å². The fourth-order valence-electron chi connectivity index (χ4n) is 9.25. The molecule has 3 nitrogen and oxygen atoms in total. The smallest absolute Gasteiger partial charge is 0.0616 e. The third-order valence-corrected chi connectivity index (χ3v) is 11.7. The van der Waals surface area contributed by atoms with Crippen molar-refractivity contribution < 1.29 is 14.9 Å². The zero-order chi connectivity index (χ0) is 24.6. The highest BCUT2D eigenvalue weighted by Gasteiger charge is 2.61. The summed E-state index contributed by atoms with van der Waals surface area (Å²) in [6.45, 7) is 14.2. The summed E-state index contributed by atoms with van der Waals surface area (Å²) < 4.78 is 6.70. The maximum absolute atomic E-state index is 10.2. The summed E-state index contributed by atoms with van der Waals surface area (Å²) in [6.07, 6.45) is 14.7. The minimum Gasteiger partial charge on any atom is -0.396 e. The average molecular weight is 477 g/mol. The molecule has 0 aromatic carbocycles. The Balaban J connectivity index is 0.000000499. The molecule has 1 saturated heterocycles. The van der Waals surface area contributed by atoms with Crippen molar-refractivity contribution in [2.24, 2.45) is 58.7 Å². The van der Waals surface area contributed by atoms with Gasteiger partial charge in [-0.1, -0.05) is 48.0 Å². The third-order valence-electron chi connectivity index (χ3n) is 11.7. The van der Waals surface area contributed by atoms with Crippen LogP contribution in [0.3, 0.4) is 0 Å². The van der Waals surface area contributed by atoms with Gasteiger partial charge in [0, 0.05) is 6.61 Å². The van der Waals surface area contributed by atoms with Crippen LogP contribution in [-0.2, 0) is 4.74 Å². The summed E-state index contributed by atoms with van der Waals surface area (Å²) in [7, 11) is 0. The highest BCUT2D eigenvalue weighted by molar-refractivity contribution is 5.09. The molecule has 5 aliphatic rings. The van der Waals surface area contributed by atoms with Gasteiger partial charge in [0.25, 0.3) is 0 Å². The van der Waals surface area contributed by atoms with E-state index in [9.17, 15) is 10.2 Å². The highest BCUT2D eigenvalue weighted by atomic mass is 16.5. The molecule has 1 aliphatic heterocycles. The summed E-state index contributed by atoms with van der Waals surface area (Å²) >= 11 is 0. The van der Waals surface area contributed by atoms with Crippen LogP contribution in [0.5, 0.6) is 0 Å². The predicted molar refractivity (Wildman–Crippen MR) is 140 cm³/mol. The van der Waals surface area contributed by atoms with Crippen LogP contribution in [0, 0.1) is 58.7 Å². The van der Waals surface area contributed by atoms with Crippen molar-refractivity contribution in [1.29, 1.82) is 0 Å². The van der Waals surface area contributed by atoms with Crippen LogP contribution in [-0.4, -0.2) is 35.1 Å². The van der Waals surface area contributed by atoms with E-state index in [4.69, 9.17) is 4.74 Å². The molecule has 2 N–H and O–H groups in total. The highest BCUT2D eigenvalue weighted by Crippen LogP contribution is 2.65. The zero-order valence-electron chi connectivity index (χ0n) is 23.2. The van der Waals surface area contributed by atoms with Crippen LogP contribution >= 0.6 is 0 Å². The normalized spacial score (nSPS) is 48.3. The van der Waals surface area contributed by atoms with Gasteiger partial charge in [-0.15, -0.1) is 0 Å². The van der Waals surface area contributed by atoms with E-state index in [1.807, 2.05) is 0 Å². The van der Waals surface area contributed by atoms with Gasteiger partial charge >= 0.3 is 0 Å². The quantitative estimate of drug-likeness (QED) is 0.445. The Morgan fingerprint density at radius 1 is 0.971 bits per heavy atom. The van der Waals surface area contributed by atoms with Gasteiger partial charge in [-0.2, -0.15) is 0 Å². The van der Waals surface area contributed by atoms with Crippen molar-refractivity contribution in [3.63, 3.8) is 0 Å². The molecule has 0 radical (unpaired) electrons. The maximum Gasteiger partial charge on any atom is 0.0616 e. The minimum absolute atomic E-state index is 0.0356. The Hall–Kier alpha value is -0.120. The van der Waals surface area contributed by atoms with E-state index < -0.39 is 0 Å². The van der Waals surface area contributed by atoms with Gasteiger partial charge in [0.1, 0.15) is 0 Å². The lowest BCUT2D eigenvalue weighted by molar-refractivity contribution is -0.111. The van der Waals surface area contributed by atoms with E-state index in [2.05, 4.69) is 41.5 Å². The Morgan fingerprint density at radius 3 is 2.35 bits per heavy atom. The van der Waals surface area contributed by atoms with Crippen molar-refractivity contribution in [1.82, 2.24) is 0 Å². The molecule has 5 fully saturated rings. The zero-order valence-corrected chi connectivity index (χ0v) is 23.2. The van der Waals surface area contributed by atoms with Gasteiger partial charge in [-0.3, -0.25) is 0 Å². The standard InChI is InChI=1S/C26H44O3.C5H12/c1-15(14-27)4-9-23-16(2)25-20-7-8-22-19(21(20)13-24(25)29-23)6-5-17-12-18(28)10-11-26(17,22)3;1-4-5(2)3/h15-25,27-28H,4-14H2,1-3H3;5H,4H2,1-3H3/t15-,16-,17?,18?,19?,20?,21?,22?,23?,24?,25?,26?;/m1./s1. The Kier molecular flexibility index (Phi) is 8.79. The first-order valence-corrected chi connectivity index (χ1v) is 15.1. The van der Waals surface area contributed by atoms with Gasteiger partial charge in [0.2, 0.25) is 0 Å². The molecule has 5 rings (SSSR count). The van der Waals surface area contributed by atoms with E-state index in [-0.39, 0.29) is 6.10 Å². The van der Waals surface area contributed by atoms with Gasteiger partial charge in [-0.05, 0) is 123 Å². The molecule has 3 heteroatoms. The SMILES string of the molecule is CCC(C)C.C[C@@H](CO)CCC1OC2CC3C(CCC4C3CCC3CC(O)CCC34C)C2[C@@H]1C. The Labute approximate surface area is 210 Å². The number of rotatable bonds is 5. The lowest BCUT2D eigenvalue weighted by Crippen LogP contribution is -2.52. The molecule has 0 spiro atoms. The van der Waals surface area contributed by atoms with E-state index in [0.717, 1.165) is 67.1 Å². The number of aliphatic hydroxyl groups is 2. The largest absolute Gasteiger partial charge is 0.396 e. The number of hydrogen-bond donors (Lipinski definition) is 2.